The molecule has 1 amide bonds. The van der Waals surface area contributed by atoms with Crippen LogP contribution in [0, 0.1) is 6.92 Å². The Morgan fingerprint density at radius 1 is 1.56 bits per heavy atom. The molecular formula is C12H15ClN2O. The highest BCUT2D eigenvalue weighted by atomic mass is 35.5. The van der Waals surface area contributed by atoms with E-state index < -0.39 is 0 Å². The van der Waals surface area contributed by atoms with Crippen LogP contribution in [0.2, 0.25) is 5.02 Å². The lowest BCUT2D eigenvalue weighted by molar-refractivity contribution is -0.117. The van der Waals surface area contributed by atoms with Gasteiger partial charge in [-0.25, -0.2) is 0 Å². The third-order valence-corrected chi connectivity index (χ3v) is 3.22. The molecule has 2 rings (SSSR count). The van der Waals surface area contributed by atoms with E-state index in [2.05, 4.69) is 10.6 Å². The van der Waals surface area contributed by atoms with Crippen LogP contribution in [0.5, 0.6) is 0 Å². The van der Waals surface area contributed by atoms with Gasteiger partial charge in [-0.1, -0.05) is 17.7 Å². The minimum atomic E-state index is -0.0555. The predicted octanol–water partition coefficient (Wildman–Crippen LogP) is 2.34. The van der Waals surface area contributed by atoms with E-state index in [4.69, 9.17) is 11.6 Å². The Kier molecular flexibility index (Phi) is 3.46. The summed E-state index contributed by atoms with van der Waals surface area (Å²) in [6.45, 7) is 2.86. The summed E-state index contributed by atoms with van der Waals surface area (Å²) in [4.78, 5) is 11.8. The molecule has 0 bridgehead atoms. The molecule has 1 saturated heterocycles. The maximum atomic E-state index is 11.8. The van der Waals surface area contributed by atoms with Crippen molar-refractivity contribution in [2.75, 3.05) is 11.9 Å². The molecule has 0 aromatic heterocycles. The van der Waals surface area contributed by atoms with E-state index in [0.29, 0.717) is 5.02 Å². The number of carbonyl (C=O) groups excluding carboxylic acids is 1. The number of halogens is 1. The SMILES string of the molecule is Cc1ccc(NC(=O)[C@H]2CCCN2)cc1Cl. The molecule has 3 nitrogen and oxygen atoms in total. The molecule has 1 aliphatic rings. The molecule has 1 aromatic carbocycles. The highest BCUT2D eigenvalue weighted by Gasteiger charge is 2.21. The summed E-state index contributed by atoms with van der Waals surface area (Å²) < 4.78 is 0. The first-order valence-corrected chi connectivity index (χ1v) is 5.85. The number of amides is 1. The molecule has 1 aromatic rings. The second-order valence-corrected chi connectivity index (χ2v) is 4.51. The lowest BCUT2D eigenvalue weighted by Crippen LogP contribution is -2.35. The molecule has 1 heterocycles. The van der Waals surface area contributed by atoms with Crippen molar-refractivity contribution in [3.63, 3.8) is 0 Å². The van der Waals surface area contributed by atoms with Crippen molar-refractivity contribution in [1.29, 1.82) is 0 Å². The summed E-state index contributed by atoms with van der Waals surface area (Å²) >= 11 is 5.99. The second kappa shape index (κ2) is 4.85. The molecule has 16 heavy (non-hydrogen) atoms. The largest absolute Gasteiger partial charge is 0.325 e. The van der Waals surface area contributed by atoms with Crippen molar-refractivity contribution in [2.45, 2.75) is 25.8 Å². The minimum absolute atomic E-state index is 0.0254. The maximum Gasteiger partial charge on any atom is 0.241 e. The Morgan fingerprint density at radius 3 is 3.00 bits per heavy atom. The zero-order valence-electron chi connectivity index (χ0n) is 9.22. The van der Waals surface area contributed by atoms with Gasteiger partial charge < -0.3 is 10.6 Å². The van der Waals surface area contributed by atoms with Crippen LogP contribution in [-0.2, 0) is 4.79 Å². The van der Waals surface area contributed by atoms with Gasteiger partial charge in [0.05, 0.1) is 6.04 Å². The summed E-state index contributed by atoms with van der Waals surface area (Å²) in [5.74, 6) is 0.0254. The van der Waals surface area contributed by atoms with Crippen LogP contribution in [0.4, 0.5) is 5.69 Å². The summed E-state index contributed by atoms with van der Waals surface area (Å²) in [5.41, 5.74) is 1.77. The first-order valence-electron chi connectivity index (χ1n) is 5.47. The van der Waals surface area contributed by atoms with Crippen LogP contribution in [-0.4, -0.2) is 18.5 Å². The third-order valence-electron chi connectivity index (χ3n) is 2.82. The van der Waals surface area contributed by atoms with Crippen LogP contribution in [0.1, 0.15) is 18.4 Å². The fourth-order valence-electron chi connectivity index (χ4n) is 1.81. The molecule has 1 aliphatic heterocycles. The van der Waals surface area contributed by atoms with Crippen LogP contribution in [0.3, 0.4) is 0 Å². The Hall–Kier alpha value is -1.06. The number of anilines is 1. The van der Waals surface area contributed by atoms with E-state index in [1.54, 1.807) is 6.07 Å². The van der Waals surface area contributed by atoms with Gasteiger partial charge in [-0.2, -0.15) is 0 Å². The van der Waals surface area contributed by atoms with Gasteiger partial charge in [0.15, 0.2) is 0 Å². The Balaban J connectivity index is 2.02. The van der Waals surface area contributed by atoms with Crippen molar-refractivity contribution in [1.82, 2.24) is 5.32 Å². The van der Waals surface area contributed by atoms with Gasteiger partial charge in [-0.05, 0) is 44.0 Å². The lowest BCUT2D eigenvalue weighted by Gasteiger charge is -2.11. The highest BCUT2D eigenvalue weighted by Crippen LogP contribution is 2.20. The number of nitrogens with one attached hydrogen (secondary N) is 2. The van der Waals surface area contributed by atoms with Crippen LogP contribution < -0.4 is 10.6 Å². The van der Waals surface area contributed by atoms with Gasteiger partial charge in [-0.3, -0.25) is 4.79 Å². The number of aryl methyl sites for hydroxylation is 1. The van der Waals surface area contributed by atoms with Gasteiger partial charge in [0.2, 0.25) is 5.91 Å². The van der Waals surface area contributed by atoms with Gasteiger partial charge in [0, 0.05) is 10.7 Å². The van der Waals surface area contributed by atoms with Crippen LogP contribution in [0.25, 0.3) is 0 Å². The predicted molar refractivity (Wildman–Crippen MR) is 65.8 cm³/mol. The average Bonchev–Trinajstić information content (AvgIpc) is 2.77. The number of carbonyl (C=O) groups is 1. The first kappa shape index (κ1) is 11.4. The average molecular weight is 239 g/mol. The number of hydrogen-bond acceptors (Lipinski definition) is 2. The molecule has 0 saturated carbocycles. The zero-order valence-corrected chi connectivity index (χ0v) is 9.97. The second-order valence-electron chi connectivity index (χ2n) is 4.10. The van der Waals surface area contributed by atoms with E-state index >= 15 is 0 Å². The summed E-state index contributed by atoms with van der Waals surface area (Å²) in [6.07, 6.45) is 1.97. The normalized spacial score (nSPS) is 19.8. The van der Waals surface area contributed by atoms with Crippen molar-refractivity contribution in [2.24, 2.45) is 0 Å². The lowest BCUT2D eigenvalue weighted by atomic mass is 10.2. The molecule has 1 fully saturated rings. The fourth-order valence-corrected chi connectivity index (χ4v) is 1.99. The topological polar surface area (TPSA) is 41.1 Å². The standard InChI is InChI=1S/C12H15ClN2O/c1-8-4-5-9(7-10(8)13)15-12(16)11-3-2-6-14-11/h4-5,7,11,14H,2-3,6H2,1H3,(H,15,16)/t11-/m1/s1. The maximum absolute atomic E-state index is 11.8. The molecule has 86 valence electrons. The summed E-state index contributed by atoms with van der Waals surface area (Å²) in [7, 11) is 0. The van der Waals surface area contributed by atoms with E-state index in [1.165, 1.54) is 0 Å². The molecule has 1 atom stereocenters. The fraction of sp³-hybridized carbons (Fsp3) is 0.417. The molecule has 0 radical (unpaired) electrons. The molecular weight excluding hydrogens is 224 g/mol. The number of hydrogen-bond donors (Lipinski definition) is 2. The summed E-state index contributed by atoms with van der Waals surface area (Å²) in [6, 6.07) is 5.50. The molecule has 0 spiro atoms. The van der Waals surface area contributed by atoms with Gasteiger partial charge in [-0.15, -0.1) is 0 Å². The van der Waals surface area contributed by atoms with Crippen molar-refractivity contribution in [3.8, 4) is 0 Å². The van der Waals surface area contributed by atoms with Crippen molar-refractivity contribution < 1.29 is 4.79 Å². The molecule has 0 aliphatic carbocycles. The Bertz CT molecular complexity index is 400. The van der Waals surface area contributed by atoms with Gasteiger partial charge in [0.1, 0.15) is 0 Å². The third kappa shape index (κ3) is 2.54. The highest BCUT2D eigenvalue weighted by molar-refractivity contribution is 6.31. The quantitative estimate of drug-likeness (QED) is 0.831. The van der Waals surface area contributed by atoms with E-state index in [-0.39, 0.29) is 11.9 Å². The van der Waals surface area contributed by atoms with Crippen molar-refractivity contribution >= 4 is 23.2 Å². The van der Waals surface area contributed by atoms with E-state index in [0.717, 1.165) is 30.6 Å². The van der Waals surface area contributed by atoms with Crippen LogP contribution >= 0.6 is 11.6 Å². The van der Waals surface area contributed by atoms with Crippen LogP contribution in [0.15, 0.2) is 18.2 Å². The zero-order chi connectivity index (χ0) is 11.5. The van der Waals surface area contributed by atoms with E-state index in [1.807, 2.05) is 19.1 Å². The smallest absolute Gasteiger partial charge is 0.241 e. The number of rotatable bonds is 2. The molecule has 2 N–H and O–H groups in total. The minimum Gasteiger partial charge on any atom is -0.325 e. The Morgan fingerprint density at radius 2 is 2.38 bits per heavy atom. The summed E-state index contributed by atoms with van der Waals surface area (Å²) in [5, 5.41) is 6.70. The number of benzene rings is 1. The van der Waals surface area contributed by atoms with Gasteiger partial charge >= 0.3 is 0 Å². The monoisotopic (exact) mass is 238 g/mol. The molecule has 4 heteroatoms. The first-order chi connectivity index (χ1) is 7.66. The molecule has 0 unspecified atom stereocenters. The van der Waals surface area contributed by atoms with Crippen molar-refractivity contribution in [3.05, 3.63) is 28.8 Å². The van der Waals surface area contributed by atoms with E-state index in [9.17, 15) is 4.79 Å². The Labute approximate surface area is 100 Å². The van der Waals surface area contributed by atoms with Gasteiger partial charge in [0.25, 0.3) is 0 Å².